The van der Waals surface area contributed by atoms with Gasteiger partial charge in [0.15, 0.2) is 5.82 Å². The number of nitrogen functional groups attached to an aromatic ring is 1. The van der Waals surface area contributed by atoms with Crippen molar-refractivity contribution < 1.29 is 8.95 Å². The van der Waals surface area contributed by atoms with Gasteiger partial charge < -0.3 is 15.1 Å². The second-order valence-corrected chi connectivity index (χ2v) is 5.84. The third-order valence-corrected chi connectivity index (χ3v) is 4.12. The molecule has 0 atom stereocenters. The van der Waals surface area contributed by atoms with Gasteiger partial charge in [0.1, 0.15) is 18.2 Å². The molecule has 0 radical (unpaired) electrons. The lowest BCUT2D eigenvalue weighted by molar-refractivity contribution is 0.128. The predicted molar refractivity (Wildman–Crippen MR) is 75.3 cm³/mol. The Morgan fingerprint density at radius 1 is 1.47 bits per heavy atom. The van der Waals surface area contributed by atoms with Gasteiger partial charge >= 0.3 is 0 Å². The summed E-state index contributed by atoms with van der Waals surface area (Å²) < 4.78 is 16.7. The number of ether oxygens (including phenoxy) is 1. The number of rotatable bonds is 5. The number of anilines is 2. The molecule has 0 bridgehead atoms. The Morgan fingerprint density at radius 3 is 2.84 bits per heavy atom. The molecular weight excluding hydrogens is 266 g/mol. The van der Waals surface area contributed by atoms with E-state index in [4.69, 9.17) is 10.6 Å². The summed E-state index contributed by atoms with van der Waals surface area (Å²) in [6.45, 7) is 4.37. The molecule has 2 rings (SSSR count). The van der Waals surface area contributed by atoms with Crippen molar-refractivity contribution in [2.75, 3.05) is 41.5 Å². The fourth-order valence-electron chi connectivity index (χ4n) is 1.84. The van der Waals surface area contributed by atoms with E-state index in [0.29, 0.717) is 36.4 Å². The molecule has 1 saturated heterocycles. The van der Waals surface area contributed by atoms with E-state index in [0.717, 1.165) is 18.9 Å². The fraction of sp³-hybridized carbons (Fsp3) is 0.636. The van der Waals surface area contributed by atoms with Crippen LogP contribution in [0.4, 0.5) is 11.6 Å². The third kappa shape index (κ3) is 3.85. The van der Waals surface area contributed by atoms with E-state index in [2.05, 4.69) is 20.3 Å². The summed E-state index contributed by atoms with van der Waals surface area (Å²) in [5, 5.41) is 0. The van der Waals surface area contributed by atoms with Gasteiger partial charge in [-0.1, -0.05) is 0 Å². The first-order valence-corrected chi connectivity index (χ1v) is 7.74. The Balaban J connectivity index is 2.16. The standard InChI is InChI=1S/C11H19N5O2S/c1-2-18-8-10-13-9(15-12)7-11(14-10)16-3-5-19(17)6-4-16/h7H,2-6,8,12H2,1H3,(H,13,14,15). The Hall–Kier alpha value is -1.25. The van der Waals surface area contributed by atoms with Gasteiger partial charge in [-0.2, -0.15) is 0 Å². The van der Waals surface area contributed by atoms with Crippen LogP contribution >= 0.6 is 0 Å². The summed E-state index contributed by atoms with van der Waals surface area (Å²) in [5.41, 5.74) is 2.54. The molecule has 0 aromatic carbocycles. The van der Waals surface area contributed by atoms with Gasteiger partial charge in [0.05, 0.1) is 0 Å². The molecule has 0 saturated carbocycles. The Bertz CT molecular complexity index is 447. The zero-order valence-corrected chi connectivity index (χ0v) is 11.8. The van der Waals surface area contributed by atoms with Crippen LogP contribution in [-0.4, -0.2) is 45.4 Å². The SMILES string of the molecule is CCOCc1nc(NN)cc(N2CCS(=O)CC2)n1. The Morgan fingerprint density at radius 2 is 2.21 bits per heavy atom. The van der Waals surface area contributed by atoms with Crippen molar-refractivity contribution in [3.63, 3.8) is 0 Å². The molecule has 8 heteroatoms. The van der Waals surface area contributed by atoms with Gasteiger partial charge in [-0.15, -0.1) is 0 Å². The van der Waals surface area contributed by atoms with Gasteiger partial charge in [0, 0.05) is 48.1 Å². The maximum absolute atomic E-state index is 11.4. The van der Waals surface area contributed by atoms with Crippen molar-refractivity contribution in [3.05, 3.63) is 11.9 Å². The van der Waals surface area contributed by atoms with Crippen LogP contribution in [0.2, 0.25) is 0 Å². The summed E-state index contributed by atoms with van der Waals surface area (Å²) in [4.78, 5) is 10.8. The normalized spacial score (nSPS) is 16.6. The van der Waals surface area contributed by atoms with Crippen LogP contribution in [0.5, 0.6) is 0 Å². The second kappa shape index (κ2) is 6.78. The maximum Gasteiger partial charge on any atom is 0.158 e. The molecule has 1 fully saturated rings. The molecule has 0 amide bonds. The number of nitrogens with two attached hydrogens (primary N) is 1. The van der Waals surface area contributed by atoms with E-state index < -0.39 is 10.8 Å². The number of hydrogen-bond donors (Lipinski definition) is 2. The lowest BCUT2D eigenvalue weighted by atomic mass is 10.4. The van der Waals surface area contributed by atoms with E-state index >= 15 is 0 Å². The largest absolute Gasteiger partial charge is 0.374 e. The quantitative estimate of drug-likeness (QED) is 0.575. The molecule has 19 heavy (non-hydrogen) atoms. The van der Waals surface area contributed by atoms with E-state index in [1.54, 1.807) is 6.07 Å². The van der Waals surface area contributed by atoms with Crippen LogP contribution in [0, 0.1) is 0 Å². The number of hydrogen-bond acceptors (Lipinski definition) is 7. The van der Waals surface area contributed by atoms with Crippen molar-refractivity contribution in [1.82, 2.24) is 9.97 Å². The van der Waals surface area contributed by atoms with E-state index in [1.807, 2.05) is 6.92 Å². The van der Waals surface area contributed by atoms with Crippen molar-refractivity contribution in [2.24, 2.45) is 5.84 Å². The Kier molecular flexibility index (Phi) is 5.06. The maximum atomic E-state index is 11.4. The van der Waals surface area contributed by atoms with Crippen molar-refractivity contribution in [3.8, 4) is 0 Å². The molecule has 1 aromatic rings. The summed E-state index contributed by atoms with van der Waals surface area (Å²) in [5.74, 6) is 8.73. The van der Waals surface area contributed by atoms with E-state index in [1.165, 1.54) is 0 Å². The predicted octanol–water partition coefficient (Wildman–Crippen LogP) is -0.133. The van der Waals surface area contributed by atoms with Gasteiger partial charge in [0.25, 0.3) is 0 Å². The molecule has 7 nitrogen and oxygen atoms in total. The number of nitrogens with one attached hydrogen (secondary N) is 1. The molecule has 1 aromatic heterocycles. The highest BCUT2D eigenvalue weighted by Gasteiger charge is 2.18. The lowest BCUT2D eigenvalue weighted by Gasteiger charge is -2.27. The molecule has 2 heterocycles. The monoisotopic (exact) mass is 285 g/mol. The summed E-state index contributed by atoms with van der Waals surface area (Å²) in [6.07, 6.45) is 0. The average molecular weight is 285 g/mol. The van der Waals surface area contributed by atoms with Crippen LogP contribution in [0.3, 0.4) is 0 Å². The van der Waals surface area contributed by atoms with Gasteiger partial charge in [0.2, 0.25) is 0 Å². The van der Waals surface area contributed by atoms with Crippen molar-refractivity contribution in [2.45, 2.75) is 13.5 Å². The molecule has 0 spiro atoms. The topological polar surface area (TPSA) is 93.4 Å². The molecular formula is C11H19N5O2S. The number of aromatic nitrogens is 2. The van der Waals surface area contributed by atoms with Crippen LogP contribution in [0.25, 0.3) is 0 Å². The highest BCUT2D eigenvalue weighted by Crippen LogP contribution is 2.17. The summed E-state index contributed by atoms with van der Waals surface area (Å²) in [7, 11) is -0.702. The molecule has 1 aliphatic heterocycles. The van der Waals surface area contributed by atoms with Crippen LogP contribution in [0.1, 0.15) is 12.7 Å². The highest BCUT2D eigenvalue weighted by atomic mass is 32.2. The first-order valence-electron chi connectivity index (χ1n) is 6.25. The van der Waals surface area contributed by atoms with Crippen LogP contribution in [0.15, 0.2) is 6.07 Å². The minimum absolute atomic E-state index is 0.360. The van der Waals surface area contributed by atoms with E-state index in [-0.39, 0.29) is 0 Å². The second-order valence-electron chi connectivity index (χ2n) is 4.14. The molecule has 106 valence electrons. The average Bonchev–Trinajstić information content (AvgIpc) is 2.45. The zero-order chi connectivity index (χ0) is 13.7. The first-order chi connectivity index (χ1) is 9.22. The highest BCUT2D eigenvalue weighted by molar-refractivity contribution is 7.85. The lowest BCUT2D eigenvalue weighted by Crippen LogP contribution is -2.38. The van der Waals surface area contributed by atoms with Gasteiger partial charge in [-0.3, -0.25) is 4.21 Å². The molecule has 0 unspecified atom stereocenters. The first kappa shape index (κ1) is 14.2. The minimum atomic E-state index is -0.702. The molecule has 3 N–H and O–H groups in total. The van der Waals surface area contributed by atoms with Crippen LogP contribution in [-0.2, 0) is 22.1 Å². The number of nitrogens with zero attached hydrogens (tertiary/aromatic N) is 3. The summed E-state index contributed by atoms with van der Waals surface area (Å²) in [6, 6.07) is 1.80. The fourth-order valence-corrected chi connectivity index (χ4v) is 2.90. The number of hydrazine groups is 1. The van der Waals surface area contributed by atoms with Gasteiger partial charge in [-0.05, 0) is 6.92 Å². The zero-order valence-electron chi connectivity index (χ0n) is 11.0. The van der Waals surface area contributed by atoms with Gasteiger partial charge in [-0.25, -0.2) is 15.8 Å². The van der Waals surface area contributed by atoms with E-state index in [9.17, 15) is 4.21 Å². The summed E-state index contributed by atoms with van der Waals surface area (Å²) >= 11 is 0. The van der Waals surface area contributed by atoms with Crippen LogP contribution < -0.4 is 16.2 Å². The third-order valence-electron chi connectivity index (χ3n) is 2.84. The van der Waals surface area contributed by atoms with Crippen molar-refractivity contribution in [1.29, 1.82) is 0 Å². The smallest absolute Gasteiger partial charge is 0.158 e. The van der Waals surface area contributed by atoms with Crippen molar-refractivity contribution >= 4 is 22.4 Å². The molecule has 1 aliphatic rings. The Labute approximate surface area is 115 Å². The molecule has 0 aliphatic carbocycles. The minimum Gasteiger partial charge on any atom is -0.374 e.